The van der Waals surface area contributed by atoms with Crippen molar-refractivity contribution in [2.75, 3.05) is 5.75 Å². The molecule has 1 nitrogen and oxygen atoms in total. The Morgan fingerprint density at radius 1 is 1.89 bits per heavy atom. The predicted octanol–water partition coefficient (Wildman–Crippen LogP) is 2.22. The molecular formula is C6H11NS2. The van der Waals surface area contributed by atoms with Gasteiger partial charge in [-0.1, -0.05) is 18.7 Å². The summed E-state index contributed by atoms with van der Waals surface area (Å²) < 4.78 is 0.579. The van der Waals surface area contributed by atoms with Crippen molar-refractivity contribution in [2.45, 2.75) is 18.6 Å². The lowest BCUT2D eigenvalue weighted by atomic mass is 10.6. The van der Waals surface area contributed by atoms with Crippen molar-refractivity contribution in [3.05, 3.63) is 11.1 Å². The fourth-order valence-electron chi connectivity index (χ4n) is 0.650. The highest BCUT2D eigenvalue weighted by Gasteiger charge is 2.11. The molecule has 0 aromatic heterocycles. The predicted molar refractivity (Wildman–Crippen MR) is 46.4 cm³/mol. The van der Waals surface area contributed by atoms with Crippen molar-refractivity contribution >= 4 is 23.5 Å². The molecule has 1 atom stereocenters. The second kappa shape index (κ2) is 3.42. The van der Waals surface area contributed by atoms with Gasteiger partial charge in [-0.3, -0.25) is 0 Å². The molecule has 1 aliphatic rings. The summed E-state index contributed by atoms with van der Waals surface area (Å²) in [5.41, 5.74) is 1.30. The molecular weight excluding hydrogens is 150 g/mol. The fourth-order valence-corrected chi connectivity index (χ4v) is 2.76. The van der Waals surface area contributed by atoms with E-state index in [9.17, 15) is 0 Å². The van der Waals surface area contributed by atoms with E-state index in [1.165, 1.54) is 11.4 Å². The van der Waals surface area contributed by atoms with Crippen LogP contribution in [-0.4, -0.2) is 10.5 Å². The van der Waals surface area contributed by atoms with Gasteiger partial charge >= 0.3 is 0 Å². The van der Waals surface area contributed by atoms with Crippen molar-refractivity contribution in [1.82, 2.24) is 5.32 Å². The lowest BCUT2D eigenvalue weighted by molar-refractivity contribution is 0.942. The molecule has 0 bridgehead atoms. The minimum Gasteiger partial charge on any atom is -0.368 e. The number of thioether (sulfide) groups is 2. The molecule has 1 heterocycles. The van der Waals surface area contributed by atoms with Gasteiger partial charge in [0.1, 0.15) is 4.71 Å². The van der Waals surface area contributed by atoms with E-state index in [-0.39, 0.29) is 0 Å². The zero-order chi connectivity index (χ0) is 6.69. The van der Waals surface area contributed by atoms with Gasteiger partial charge in [0, 0.05) is 5.70 Å². The molecule has 9 heavy (non-hydrogen) atoms. The molecule has 1 N–H and O–H groups in total. The zero-order valence-corrected chi connectivity index (χ0v) is 7.31. The van der Waals surface area contributed by atoms with Crippen LogP contribution in [0.2, 0.25) is 0 Å². The number of hydrogen-bond donors (Lipinski definition) is 1. The average molecular weight is 161 g/mol. The van der Waals surface area contributed by atoms with Crippen molar-refractivity contribution < 1.29 is 0 Å². The Hall–Kier alpha value is 0.240. The molecule has 3 heteroatoms. The number of allylic oxidation sites excluding steroid dienone is 1. The van der Waals surface area contributed by atoms with Crippen LogP contribution < -0.4 is 5.32 Å². The van der Waals surface area contributed by atoms with Crippen LogP contribution in [0.25, 0.3) is 0 Å². The smallest absolute Gasteiger partial charge is 0.123 e. The van der Waals surface area contributed by atoms with E-state index in [1.54, 1.807) is 0 Å². The second-order valence-electron chi connectivity index (χ2n) is 1.87. The zero-order valence-electron chi connectivity index (χ0n) is 5.68. The molecule has 0 aromatic rings. The van der Waals surface area contributed by atoms with Crippen LogP contribution in [0.15, 0.2) is 11.1 Å². The first kappa shape index (κ1) is 7.35. The Labute approximate surface area is 64.7 Å². The Morgan fingerprint density at radius 2 is 2.67 bits per heavy atom. The molecule has 0 fully saturated rings. The summed E-state index contributed by atoms with van der Waals surface area (Å²) in [7, 11) is 0. The van der Waals surface area contributed by atoms with E-state index in [4.69, 9.17) is 0 Å². The van der Waals surface area contributed by atoms with E-state index in [0.717, 1.165) is 0 Å². The van der Waals surface area contributed by atoms with Gasteiger partial charge in [-0.05, 0) is 18.1 Å². The first-order valence-corrected chi connectivity index (χ1v) is 5.02. The van der Waals surface area contributed by atoms with Gasteiger partial charge in [0.05, 0.1) is 0 Å². The first-order valence-electron chi connectivity index (χ1n) is 3.03. The molecule has 0 spiro atoms. The van der Waals surface area contributed by atoms with Crippen LogP contribution in [0, 0.1) is 0 Å². The summed E-state index contributed by atoms with van der Waals surface area (Å²) in [6.07, 6.45) is 0. The standard InChI is InChI=1S/C6H11NS2/c1-3-8-6-7-5(2)4-9-6/h4,6-7H,3H2,1-2H3. The first-order chi connectivity index (χ1) is 4.33. The van der Waals surface area contributed by atoms with Crippen LogP contribution >= 0.6 is 23.5 Å². The topological polar surface area (TPSA) is 12.0 Å². The van der Waals surface area contributed by atoms with Gasteiger partial charge in [0.25, 0.3) is 0 Å². The van der Waals surface area contributed by atoms with Crippen LogP contribution in [0.4, 0.5) is 0 Å². The summed E-state index contributed by atoms with van der Waals surface area (Å²) in [6, 6.07) is 0. The van der Waals surface area contributed by atoms with Gasteiger partial charge in [-0.2, -0.15) is 0 Å². The van der Waals surface area contributed by atoms with E-state index < -0.39 is 0 Å². The molecule has 0 saturated carbocycles. The van der Waals surface area contributed by atoms with Gasteiger partial charge in [-0.15, -0.1) is 11.8 Å². The van der Waals surface area contributed by atoms with E-state index in [0.29, 0.717) is 4.71 Å². The highest BCUT2D eigenvalue weighted by Crippen LogP contribution is 2.28. The molecule has 0 aliphatic carbocycles. The second-order valence-corrected chi connectivity index (χ2v) is 4.53. The largest absolute Gasteiger partial charge is 0.368 e. The quantitative estimate of drug-likeness (QED) is 0.667. The molecule has 1 rings (SSSR count). The third-order valence-corrected chi connectivity index (χ3v) is 3.38. The molecule has 52 valence electrons. The normalized spacial score (nSPS) is 25.6. The van der Waals surface area contributed by atoms with E-state index >= 15 is 0 Å². The summed E-state index contributed by atoms with van der Waals surface area (Å²) in [5.74, 6) is 1.19. The van der Waals surface area contributed by atoms with E-state index in [2.05, 4.69) is 24.6 Å². The SMILES string of the molecule is CCSC1NC(C)=CS1. The van der Waals surface area contributed by atoms with Crippen LogP contribution in [0.1, 0.15) is 13.8 Å². The Bertz CT molecular complexity index is 122. The summed E-state index contributed by atoms with van der Waals surface area (Å²) in [4.78, 5) is 0. The lowest BCUT2D eigenvalue weighted by Crippen LogP contribution is -2.15. The fraction of sp³-hybridized carbons (Fsp3) is 0.667. The number of rotatable bonds is 2. The highest BCUT2D eigenvalue weighted by molar-refractivity contribution is 8.18. The molecule has 0 saturated heterocycles. The lowest BCUT2D eigenvalue weighted by Gasteiger charge is -2.07. The number of nitrogens with one attached hydrogen (secondary N) is 1. The molecule has 0 radical (unpaired) electrons. The van der Waals surface area contributed by atoms with Gasteiger partial charge in [0.15, 0.2) is 0 Å². The Kier molecular flexibility index (Phi) is 2.79. The number of hydrogen-bond acceptors (Lipinski definition) is 3. The molecule has 0 amide bonds. The minimum atomic E-state index is 0.579. The minimum absolute atomic E-state index is 0.579. The van der Waals surface area contributed by atoms with Crippen LogP contribution in [0.5, 0.6) is 0 Å². The van der Waals surface area contributed by atoms with Crippen molar-refractivity contribution in [3.63, 3.8) is 0 Å². The van der Waals surface area contributed by atoms with Crippen molar-refractivity contribution in [3.8, 4) is 0 Å². The van der Waals surface area contributed by atoms with Gasteiger partial charge in [0.2, 0.25) is 0 Å². The van der Waals surface area contributed by atoms with Crippen LogP contribution in [0.3, 0.4) is 0 Å². The summed E-state index contributed by atoms with van der Waals surface area (Å²) in [6.45, 7) is 4.28. The third kappa shape index (κ3) is 2.14. The summed E-state index contributed by atoms with van der Waals surface area (Å²) >= 11 is 3.81. The maximum absolute atomic E-state index is 3.34. The van der Waals surface area contributed by atoms with Crippen molar-refractivity contribution in [1.29, 1.82) is 0 Å². The highest BCUT2D eigenvalue weighted by atomic mass is 32.2. The van der Waals surface area contributed by atoms with Gasteiger partial charge < -0.3 is 5.32 Å². The molecule has 1 unspecified atom stereocenters. The van der Waals surface area contributed by atoms with Crippen LogP contribution in [-0.2, 0) is 0 Å². The van der Waals surface area contributed by atoms with Crippen molar-refractivity contribution in [2.24, 2.45) is 0 Å². The van der Waals surface area contributed by atoms with E-state index in [1.807, 2.05) is 23.5 Å². The Balaban J connectivity index is 2.21. The monoisotopic (exact) mass is 161 g/mol. The average Bonchev–Trinajstić information content (AvgIpc) is 2.17. The maximum atomic E-state index is 3.34. The molecule has 0 aromatic carbocycles. The summed E-state index contributed by atoms with van der Waals surface area (Å²) in [5, 5.41) is 5.52. The Morgan fingerprint density at radius 3 is 3.11 bits per heavy atom. The molecule has 1 aliphatic heterocycles. The third-order valence-electron chi connectivity index (χ3n) is 1.03. The van der Waals surface area contributed by atoms with Gasteiger partial charge in [-0.25, -0.2) is 0 Å². The maximum Gasteiger partial charge on any atom is 0.123 e.